The predicted molar refractivity (Wildman–Crippen MR) is 117 cm³/mol. The molecule has 2 rings (SSSR count). The van der Waals surface area contributed by atoms with Crippen molar-refractivity contribution in [3.8, 4) is 0 Å². The molecule has 160 valence electrons. The summed E-state index contributed by atoms with van der Waals surface area (Å²) in [5.74, 6) is 0. The zero-order valence-corrected chi connectivity index (χ0v) is 17.4. The molecule has 2 aromatic carbocycles. The number of carbonyl (C=O) groups is 3. The zero-order valence-electron chi connectivity index (χ0n) is 17.4. The smallest absolute Gasteiger partial charge is 0.411 e. The summed E-state index contributed by atoms with van der Waals surface area (Å²) >= 11 is 0. The summed E-state index contributed by atoms with van der Waals surface area (Å²) in [7, 11) is 0. The van der Waals surface area contributed by atoms with Gasteiger partial charge in [-0.15, -0.1) is 0 Å². The SMILES string of the molecule is CCN(C(=O)O)c1cccc(NC(=O)Nc2cccc(N(CC)C(=O)O)c2C)c1C. The molecule has 4 N–H and O–H groups in total. The van der Waals surface area contributed by atoms with E-state index in [4.69, 9.17) is 0 Å². The van der Waals surface area contributed by atoms with Gasteiger partial charge in [-0.1, -0.05) is 12.1 Å². The van der Waals surface area contributed by atoms with Gasteiger partial charge in [-0.25, -0.2) is 14.4 Å². The van der Waals surface area contributed by atoms with Crippen LogP contribution in [0.15, 0.2) is 36.4 Å². The summed E-state index contributed by atoms with van der Waals surface area (Å²) < 4.78 is 0. The fourth-order valence-corrected chi connectivity index (χ4v) is 3.20. The number of benzene rings is 2. The summed E-state index contributed by atoms with van der Waals surface area (Å²) in [6.07, 6.45) is -2.15. The van der Waals surface area contributed by atoms with Gasteiger partial charge < -0.3 is 20.8 Å². The predicted octanol–water partition coefficient (Wildman–Crippen LogP) is 4.96. The molecule has 0 saturated heterocycles. The molecule has 0 bridgehead atoms. The maximum absolute atomic E-state index is 12.6. The van der Waals surface area contributed by atoms with Gasteiger partial charge in [0.1, 0.15) is 0 Å². The van der Waals surface area contributed by atoms with E-state index >= 15 is 0 Å². The first-order valence-electron chi connectivity index (χ1n) is 9.49. The Labute approximate surface area is 174 Å². The average molecular weight is 414 g/mol. The Morgan fingerprint density at radius 2 is 1.13 bits per heavy atom. The number of hydrogen-bond donors (Lipinski definition) is 4. The van der Waals surface area contributed by atoms with E-state index in [1.807, 2.05) is 0 Å². The number of amides is 4. The monoisotopic (exact) mass is 414 g/mol. The van der Waals surface area contributed by atoms with Crippen LogP contribution in [0.1, 0.15) is 25.0 Å². The van der Waals surface area contributed by atoms with Gasteiger partial charge in [0.15, 0.2) is 0 Å². The van der Waals surface area contributed by atoms with Gasteiger partial charge in [0.2, 0.25) is 0 Å². The summed E-state index contributed by atoms with van der Waals surface area (Å²) in [6, 6.07) is 9.53. The van der Waals surface area contributed by atoms with E-state index in [9.17, 15) is 24.6 Å². The number of nitrogens with one attached hydrogen (secondary N) is 2. The fourth-order valence-electron chi connectivity index (χ4n) is 3.20. The number of urea groups is 1. The van der Waals surface area contributed by atoms with E-state index in [2.05, 4.69) is 10.6 Å². The number of carboxylic acid groups (broad SMARTS) is 2. The number of anilines is 4. The van der Waals surface area contributed by atoms with E-state index in [1.165, 1.54) is 9.80 Å². The van der Waals surface area contributed by atoms with Gasteiger partial charge in [0, 0.05) is 24.5 Å². The van der Waals surface area contributed by atoms with Crippen LogP contribution in [-0.2, 0) is 0 Å². The first kappa shape index (κ1) is 22.5. The minimum atomic E-state index is -1.08. The highest BCUT2D eigenvalue weighted by Gasteiger charge is 2.19. The zero-order chi connectivity index (χ0) is 22.4. The van der Waals surface area contributed by atoms with Crippen LogP contribution in [0.3, 0.4) is 0 Å². The Bertz CT molecular complexity index is 885. The van der Waals surface area contributed by atoms with Crippen molar-refractivity contribution in [2.75, 3.05) is 33.5 Å². The van der Waals surface area contributed by atoms with Crippen molar-refractivity contribution < 1.29 is 24.6 Å². The quantitative estimate of drug-likeness (QED) is 0.532. The largest absolute Gasteiger partial charge is 0.465 e. The van der Waals surface area contributed by atoms with Crippen molar-refractivity contribution in [1.29, 1.82) is 0 Å². The third kappa shape index (κ3) is 4.80. The van der Waals surface area contributed by atoms with Crippen molar-refractivity contribution in [1.82, 2.24) is 0 Å². The van der Waals surface area contributed by atoms with Crippen LogP contribution in [-0.4, -0.2) is 41.5 Å². The lowest BCUT2D eigenvalue weighted by molar-refractivity contribution is 0.201. The second-order valence-electron chi connectivity index (χ2n) is 6.53. The first-order chi connectivity index (χ1) is 14.2. The topological polar surface area (TPSA) is 122 Å². The maximum atomic E-state index is 12.6. The van der Waals surface area contributed by atoms with Gasteiger partial charge in [-0.2, -0.15) is 0 Å². The normalized spacial score (nSPS) is 10.3. The van der Waals surface area contributed by atoms with E-state index < -0.39 is 18.2 Å². The minimum absolute atomic E-state index is 0.273. The van der Waals surface area contributed by atoms with Crippen LogP contribution in [0.25, 0.3) is 0 Å². The van der Waals surface area contributed by atoms with Crippen LogP contribution in [0.5, 0.6) is 0 Å². The van der Waals surface area contributed by atoms with E-state index in [-0.39, 0.29) is 13.1 Å². The lowest BCUT2D eigenvalue weighted by Gasteiger charge is -2.22. The second kappa shape index (κ2) is 9.64. The standard InChI is InChI=1S/C21H26N4O5/c1-5-24(20(27)28)17-11-7-9-15(13(17)3)22-19(26)23-16-10-8-12-18(14(16)4)25(6-2)21(29)30/h7-12H,5-6H2,1-4H3,(H,27,28)(H,29,30)(H2,22,23,26). The molecule has 9 nitrogen and oxygen atoms in total. The van der Waals surface area contributed by atoms with E-state index in [1.54, 1.807) is 64.1 Å². The van der Waals surface area contributed by atoms with Gasteiger partial charge >= 0.3 is 18.2 Å². The van der Waals surface area contributed by atoms with Crippen LogP contribution in [0.2, 0.25) is 0 Å². The lowest BCUT2D eigenvalue weighted by atomic mass is 10.1. The molecule has 0 aliphatic heterocycles. The Balaban J connectivity index is 2.25. The highest BCUT2D eigenvalue weighted by molar-refractivity contribution is 6.02. The van der Waals surface area contributed by atoms with Crippen molar-refractivity contribution in [3.05, 3.63) is 47.5 Å². The maximum Gasteiger partial charge on any atom is 0.411 e. The van der Waals surface area contributed by atoms with Crippen molar-refractivity contribution in [2.24, 2.45) is 0 Å². The molecule has 0 aliphatic rings. The first-order valence-corrected chi connectivity index (χ1v) is 9.49. The molecule has 0 unspecified atom stereocenters. The summed E-state index contributed by atoms with van der Waals surface area (Å²) in [6.45, 7) is 7.47. The molecule has 0 fully saturated rings. The van der Waals surface area contributed by atoms with Crippen molar-refractivity contribution >= 4 is 41.0 Å². The molecule has 2 aromatic rings. The van der Waals surface area contributed by atoms with Crippen LogP contribution >= 0.6 is 0 Å². The Morgan fingerprint density at radius 1 is 0.767 bits per heavy atom. The molecule has 0 aliphatic carbocycles. The third-order valence-corrected chi connectivity index (χ3v) is 4.78. The Hall–Kier alpha value is -3.75. The fraction of sp³-hybridized carbons (Fsp3) is 0.286. The molecule has 0 heterocycles. The van der Waals surface area contributed by atoms with Crippen molar-refractivity contribution in [2.45, 2.75) is 27.7 Å². The van der Waals surface area contributed by atoms with Crippen molar-refractivity contribution in [3.63, 3.8) is 0 Å². The number of hydrogen-bond acceptors (Lipinski definition) is 3. The number of rotatable bonds is 6. The molecule has 0 spiro atoms. The average Bonchev–Trinajstić information content (AvgIpc) is 2.68. The van der Waals surface area contributed by atoms with Crippen LogP contribution in [0, 0.1) is 13.8 Å². The lowest BCUT2D eigenvalue weighted by Crippen LogP contribution is -2.30. The molecule has 0 radical (unpaired) electrons. The molecular formula is C21H26N4O5. The van der Waals surface area contributed by atoms with Gasteiger partial charge in [0.05, 0.1) is 11.4 Å². The van der Waals surface area contributed by atoms with E-state index in [0.717, 1.165) is 0 Å². The van der Waals surface area contributed by atoms with Crippen LogP contribution in [0.4, 0.5) is 37.1 Å². The van der Waals surface area contributed by atoms with E-state index in [0.29, 0.717) is 33.9 Å². The molecule has 0 saturated carbocycles. The highest BCUT2D eigenvalue weighted by Crippen LogP contribution is 2.29. The second-order valence-corrected chi connectivity index (χ2v) is 6.53. The molecule has 0 atom stereocenters. The molecule has 0 aromatic heterocycles. The van der Waals surface area contributed by atoms with Gasteiger partial charge in [-0.05, 0) is 63.1 Å². The molecule has 9 heteroatoms. The summed E-state index contributed by atoms with van der Waals surface area (Å²) in [4.78, 5) is 37.8. The third-order valence-electron chi connectivity index (χ3n) is 4.78. The Morgan fingerprint density at radius 3 is 1.43 bits per heavy atom. The number of nitrogens with zero attached hydrogens (tertiary/aromatic N) is 2. The summed E-state index contributed by atoms with van der Waals surface area (Å²) in [5, 5.41) is 24.2. The number of carbonyl (C=O) groups excluding carboxylic acids is 1. The molecule has 30 heavy (non-hydrogen) atoms. The summed E-state index contributed by atoms with van der Waals surface area (Å²) in [5.41, 5.74) is 3.15. The minimum Gasteiger partial charge on any atom is -0.465 e. The van der Waals surface area contributed by atoms with Crippen LogP contribution < -0.4 is 20.4 Å². The molecular weight excluding hydrogens is 388 g/mol. The van der Waals surface area contributed by atoms with Gasteiger partial charge in [-0.3, -0.25) is 9.80 Å². The Kier molecular flexibility index (Phi) is 7.24. The molecule has 4 amide bonds. The highest BCUT2D eigenvalue weighted by atomic mass is 16.4. The van der Waals surface area contributed by atoms with Gasteiger partial charge in [0.25, 0.3) is 0 Å².